The van der Waals surface area contributed by atoms with E-state index in [9.17, 15) is 0 Å². The number of hydrogen-bond acceptors (Lipinski definition) is 3. The van der Waals surface area contributed by atoms with E-state index in [1.54, 1.807) is 0 Å². The summed E-state index contributed by atoms with van der Waals surface area (Å²) in [5.41, 5.74) is 2.53. The lowest BCUT2D eigenvalue weighted by Gasteiger charge is -2.24. The first kappa shape index (κ1) is 17.0. The van der Waals surface area contributed by atoms with Crippen LogP contribution in [0.15, 0.2) is 12.1 Å². The van der Waals surface area contributed by atoms with Gasteiger partial charge in [0, 0.05) is 31.4 Å². The highest BCUT2D eigenvalue weighted by molar-refractivity contribution is 5.42. The molecule has 1 N–H and O–H groups in total. The SMILES string of the molecule is CCC(C)CN(C)c1cc(CNC(C)(C)C)cc(C)n1. The van der Waals surface area contributed by atoms with Crippen molar-refractivity contribution in [1.29, 1.82) is 0 Å². The zero-order valence-corrected chi connectivity index (χ0v) is 14.2. The summed E-state index contributed by atoms with van der Waals surface area (Å²) < 4.78 is 0. The Morgan fingerprint density at radius 1 is 1.30 bits per heavy atom. The summed E-state index contributed by atoms with van der Waals surface area (Å²) in [5, 5.41) is 3.54. The van der Waals surface area contributed by atoms with E-state index in [-0.39, 0.29) is 5.54 Å². The molecule has 0 bridgehead atoms. The highest BCUT2D eigenvalue weighted by Gasteiger charge is 2.11. The molecule has 0 aliphatic heterocycles. The zero-order chi connectivity index (χ0) is 15.3. The average Bonchev–Trinajstić information content (AvgIpc) is 2.34. The largest absolute Gasteiger partial charge is 0.359 e. The smallest absolute Gasteiger partial charge is 0.128 e. The molecule has 0 spiro atoms. The van der Waals surface area contributed by atoms with Crippen molar-refractivity contribution in [3.8, 4) is 0 Å². The Kier molecular flexibility index (Phi) is 6.00. The van der Waals surface area contributed by atoms with Gasteiger partial charge in [0.1, 0.15) is 5.82 Å². The number of aryl methyl sites for hydroxylation is 1. The Morgan fingerprint density at radius 3 is 2.50 bits per heavy atom. The van der Waals surface area contributed by atoms with Gasteiger partial charge < -0.3 is 10.2 Å². The number of hydrogen-bond donors (Lipinski definition) is 1. The molecule has 1 aromatic heterocycles. The quantitative estimate of drug-likeness (QED) is 0.858. The van der Waals surface area contributed by atoms with Gasteiger partial charge in [0.2, 0.25) is 0 Å². The first-order valence-electron chi connectivity index (χ1n) is 7.65. The maximum absolute atomic E-state index is 4.66. The highest BCUT2D eigenvalue weighted by Crippen LogP contribution is 2.16. The Balaban J connectivity index is 2.80. The number of anilines is 1. The van der Waals surface area contributed by atoms with Crippen molar-refractivity contribution in [2.45, 2.75) is 60.0 Å². The Bertz CT molecular complexity index is 421. The maximum atomic E-state index is 4.66. The number of pyridine rings is 1. The second-order valence-corrected chi connectivity index (χ2v) is 6.97. The standard InChI is InChI=1S/C17H31N3/c1-8-13(2)12-20(7)16-10-15(9-14(3)19-16)11-18-17(4,5)6/h9-10,13,18H,8,11-12H2,1-7H3. The minimum Gasteiger partial charge on any atom is -0.359 e. The van der Waals surface area contributed by atoms with Crippen LogP contribution in [0.5, 0.6) is 0 Å². The lowest BCUT2D eigenvalue weighted by atomic mass is 10.1. The Labute approximate surface area is 124 Å². The van der Waals surface area contributed by atoms with Crippen LogP contribution in [0.4, 0.5) is 5.82 Å². The van der Waals surface area contributed by atoms with Crippen molar-refractivity contribution < 1.29 is 0 Å². The van der Waals surface area contributed by atoms with E-state index in [0.29, 0.717) is 5.92 Å². The summed E-state index contributed by atoms with van der Waals surface area (Å²) in [6.45, 7) is 15.1. The molecular formula is C17H31N3. The third kappa shape index (κ3) is 5.91. The predicted octanol–water partition coefficient (Wildman–Crippen LogP) is 3.76. The monoisotopic (exact) mass is 277 g/mol. The van der Waals surface area contributed by atoms with Gasteiger partial charge in [0.25, 0.3) is 0 Å². The van der Waals surface area contributed by atoms with Gasteiger partial charge in [-0.3, -0.25) is 0 Å². The third-order valence-corrected chi connectivity index (χ3v) is 3.50. The van der Waals surface area contributed by atoms with Gasteiger partial charge in [-0.25, -0.2) is 4.98 Å². The molecule has 1 atom stereocenters. The second-order valence-electron chi connectivity index (χ2n) is 6.97. The van der Waals surface area contributed by atoms with Crippen molar-refractivity contribution in [2.75, 3.05) is 18.5 Å². The third-order valence-electron chi connectivity index (χ3n) is 3.50. The molecule has 0 aliphatic rings. The van der Waals surface area contributed by atoms with Gasteiger partial charge in [-0.2, -0.15) is 0 Å². The van der Waals surface area contributed by atoms with Crippen molar-refractivity contribution in [2.24, 2.45) is 5.92 Å². The van der Waals surface area contributed by atoms with Gasteiger partial charge in [0.15, 0.2) is 0 Å². The molecule has 20 heavy (non-hydrogen) atoms. The lowest BCUT2D eigenvalue weighted by molar-refractivity contribution is 0.424. The van der Waals surface area contributed by atoms with Gasteiger partial charge in [-0.1, -0.05) is 20.3 Å². The first-order valence-corrected chi connectivity index (χ1v) is 7.65. The molecule has 0 radical (unpaired) electrons. The molecule has 1 aromatic rings. The molecular weight excluding hydrogens is 246 g/mol. The molecule has 3 nitrogen and oxygen atoms in total. The predicted molar refractivity (Wildman–Crippen MR) is 88.3 cm³/mol. The van der Waals surface area contributed by atoms with Crippen LogP contribution in [0.25, 0.3) is 0 Å². The number of nitrogens with one attached hydrogen (secondary N) is 1. The number of aromatic nitrogens is 1. The highest BCUT2D eigenvalue weighted by atomic mass is 15.2. The Hall–Kier alpha value is -1.09. The topological polar surface area (TPSA) is 28.2 Å². The Morgan fingerprint density at radius 2 is 1.95 bits per heavy atom. The minimum atomic E-state index is 0.139. The summed E-state index contributed by atoms with van der Waals surface area (Å²) in [4.78, 5) is 6.93. The fraction of sp³-hybridized carbons (Fsp3) is 0.706. The van der Waals surface area contributed by atoms with E-state index < -0.39 is 0 Å². The molecule has 0 saturated carbocycles. The van der Waals surface area contributed by atoms with Crippen LogP contribution in [0.3, 0.4) is 0 Å². The van der Waals surface area contributed by atoms with E-state index >= 15 is 0 Å². The van der Waals surface area contributed by atoms with E-state index in [1.165, 1.54) is 12.0 Å². The maximum Gasteiger partial charge on any atom is 0.128 e. The summed E-state index contributed by atoms with van der Waals surface area (Å²) >= 11 is 0. The summed E-state index contributed by atoms with van der Waals surface area (Å²) in [6.07, 6.45) is 1.20. The van der Waals surface area contributed by atoms with E-state index in [4.69, 9.17) is 0 Å². The van der Waals surface area contributed by atoms with Gasteiger partial charge in [0.05, 0.1) is 0 Å². The molecule has 114 valence electrons. The fourth-order valence-corrected chi connectivity index (χ4v) is 2.08. The zero-order valence-electron chi connectivity index (χ0n) is 14.2. The minimum absolute atomic E-state index is 0.139. The molecule has 0 saturated heterocycles. The van der Waals surface area contributed by atoms with Gasteiger partial charge in [-0.05, 0) is 51.3 Å². The van der Waals surface area contributed by atoms with Crippen molar-refractivity contribution in [3.05, 3.63) is 23.4 Å². The summed E-state index contributed by atoms with van der Waals surface area (Å²) in [6, 6.07) is 4.37. The molecule has 3 heteroatoms. The number of nitrogens with zero attached hydrogens (tertiary/aromatic N) is 2. The molecule has 0 aromatic carbocycles. The van der Waals surface area contributed by atoms with Crippen LogP contribution >= 0.6 is 0 Å². The van der Waals surface area contributed by atoms with Crippen molar-refractivity contribution in [3.63, 3.8) is 0 Å². The molecule has 1 unspecified atom stereocenters. The van der Waals surface area contributed by atoms with Crippen molar-refractivity contribution in [1.82, 2.24) is 10.3 Å². The summed E-state index contributed by atoms with van der Waals surface area (Å²) in [5.74, 6) is 1.77. The van der Waals surface area contributed by atoms with Crippen LogP contribution in [-0.2, 0) is 6.54 Å². The van der Waals surface area contributed by atoms with Crippen LogP contribution < -0.4 is 10.2 Å². The molecule has 0 amide bonds. The molecule has 1 rings (SSSR count). The van der Waals surface area contributed by atoms with Gasteiger partial charge in [-0.15, -0.1) is 0 Å². The summed E-state index contributed by atoms with van der Waals surface area (Å²) in [7, 11) is 2.13. The average molecular weight is 277 g/mol. The van der Waals surface area contributed by atoms with Crippen LogP contribution in [-0.4, -0.2) is 24.1 Å². The van der Waals surface area contributed by atoms with Crippen LogP contribution in [0.1, 0.15) is 52.3 Å². The second kappa shape index (κ2) is 7.07. The van der Waals surface area contributed by atoms with Gasteiger partial charge >= 0.3 is 0 Å². The van der Waals surface area contributed by atoms with E-state index in [1.807, 2.05) is 0 Å². The number of rotatable bonds is 6. The molecule has 1 heterocycles. The molecule has 0 aliphatic carbocycles. The van der Waals surface area contributed by atoms with Crippen molar-refractivity contribution >= 4 is 5.82 Å². The first-order chi connectivity index (χ1) is 9.21. The molecule has 0 fully saturated rings. The normalized spacial score (nSPS) is 13.3. The van der Waals surface area contributed by atoms with E-state index in [2.05, 4.69) is 75.9 Å². The van der Waals surface area contributed by atoms with E-state index in [0.717, 1.165) is 24.6 Å². The van der Waals surface area contributed by atoms with Crippen LogP contribution in [0, 0.1) is 12.8 Å². The lowest BCUT2D eigenvalue weighted by Crippen LogP contribution is -2.35. The fourth-order valence-electron chi connectivity index (χ4n) is 2.08. The van der Waals surface area contributed by atoms with Crippen LogP contribution in [0.2, 0.25) is 0 Å².